The molecule has 1 aromatic rings. The third-order valence-corrected chi connectivity index (χ3v) is 1.40. The van der Waals surface area contributed by atoms with E-state index in [4.69, 9.17) is 4.74 Å². The van der Waals surface area contributed by atoms with Crippen LogP contribution in [-0.2, 0) is 0 Å². The SMILES string of the molecule is [c]1cncc(OC2CC2)c1. The zero-order valence-electron chi connectivity index (χ0n) is 5.58. The summed E-state index contributed by atoms with van der Waals surface area (Å²) in [5.41, 5.74) is 0. The van der Waals surface area contributed by atoms with Gasteiger partial charge < -0.3 is 4.74 Å². The average molecular weight is 134 g/mol. The first-order valence-corrected chi connectivity index (χ1v) is 3.43. The molecule has 1 heterocycles. The van der Waals surface area contributed by atoms with Crippen LogP contribution >= 0.6 is 0 Å². The number of rotatable bonds is 2. The molecule has 1 fully saturated rings. The van der Waals surface area contributed by atoms with E-state index in [2.05, 4.69) is 11.1 Å². The smallest absolute Gasteiger partial charge is 0.138 e. The number of pyridine rings is 1. The number of ether oxygens (including phenoxy) is 1. The quantitative estimate of drug-likeness (QED) is 0.610. The van der Waals surface area contributed by atoms with Gasteiger partial charge >= 0.3 is 0 Å². The molecular weight excluding hydrogens is 126 g/mol. The standard InChI is InChI=1S/C8H8NO/c1-2-8(6-9-5-1)10-7-3-4-7/h2,5-7H,3-4H2. The Bertz CT molecular complexity index is 206. The minimum absolute atomic E-state index is 0.456. The van der Waals surface area contributed by atoms with Gasteiger partial charge in [-0.05, 0) is 18.9 Å². The van der Waals surface area contributed by atoms with Crippen LogP contribution in [0, 0.1) is 6.07 Å². The Labute approximate surface area is 59.9 Å². The first-order chi connectivity index (χ1) is 4.95. The van der Waals surface area contributed by atoms with Gasteiger partial charge in [-0.15, -0.1) is 0 Å². The minimum atomic E-state index is 0.456. The van der Waals surface area contributed by atoms with Crippen molar-refractivity contribution in [3.63, 3.8) is 0 Å². The van der Waals surface area contributed by atoms with Gasteiger partial charge in [-0.2, -0.15) is 0 Å². The predicted octanol–water partition coefficient (Wildman–Crippen LogP) is 1.42. The first kappa shape index (κ1) is 5.71. The Hall–Kier alpha value is -1.05. The summed E-state index contributed by atoms with van der Waals surface area (Å²) < 4.78 is 5.43. The average Bonchev–Trinajstić information content (AvgIpc) is 2.74. The van der Waals surface area contributed by atoms with E-state index in [-0.39, 0.29) is 0 Å². The van der Waals surface area contributed by atoms with Crippen LogP contribution in [0.3, 0.4) is 0 Å². The number of hydrogen-bond donors (Lipinski definition) is 0. The Balaban J connectivity index is 2.03. The maximum Gasteiger partial charge on any atom is 0.138 e. The highest BCUT2D eigenvalue weighted by atomic mass is 16.5. The number of hydrogen-bond acceptors (Lipinski definition) is 2. The maximum absolute atomic E-state index is 5.43. The third-order valence-electron chi connectivity index (χ3n) is 1.40. The highest BCUT2D eigenvalue weighted by Gasteiger charge is 2.23. The number of nitrogens with zero attached hydrogens (tertiary/aromatic N) is 1. The fraction of sp³-hybridized carbons (Fsp3) is 0.375. The minimum Gasteiger partial charge on any atom is -0.489 e. The van der Waals surface area contributed by atoms with E-state index in [1.165, 1.54) is 12.8 Å². The largest absolute Gasteiger partial charge is 0.489 e. The van der Waals surface area contributed by atoms with Crippen LogP contribution < -0.4 is 4.74 Å². The highest BCUT2D eigenvalue weighted by molar-refractivity contribution is 5.15. The van der Waals surface area contributed by atoms with Crippen LogP contribution in [0.4, 0.5) is 0 Å². The van der Waals surface area contributed by atoms with Crippen molar-refractivity contribution in [1.29, 1.82) is 0 Å². The lowest BCUT2D eigenvalue weighted by molar-refractivity contribution is 0.302. The zero-order chi connectivity index (χ0) is 6.81. The molecule has 1 aliphatic carbocycles. The van der Waals surface area contributed by atoms with Crippen molar-refractivity contribution >= 4 is 0 Å². The topological polar surface area (TPSA) is 22.1 Å². The van der Waals surface area contributed by atoms with E-state index in [9.17, 15) is 0 Å². The monoisotopic (exact) mass is 134 g/mol. The molecule has 0 aromatic carbocycles. The maximum atomic E-state index is 5.43. The normalized spacial score (nSPS) is 16.8. The fourth-order valence-electron chi connectivity index (χ4n) is 0.753. The fourth-order valence-corrected chi connectivity index (χ4v) is 0.753. The lowest BCUT2D eigenvalue weighted by Crippen LogP contribution is -1.95. The van der Waals surface area contributed by atoms with E-state index in [0.29, 0.717) is 6.10 Å². The number of aromatic nitrogens is 1. The Kier molecular flexibility index (Phi) is 1.31. The first-order valence-electron chi connectivity index (χ1n) is 3.43. The van der Waals surface area contributed by atoms with Crippen LogP contribution in [0.1, 0.15) is 12.8 Å². The van der Waals surface area contributed by atoms with Crippen molar-refractivity contribution in [2.45, 2.75) is 18.9 Å². The molecule has 0 aliphatic heterocycles. The van der Waals surface area contributed by atoms with Crippen LogP contribution in [-0.4, -0.2) is 11.1 Å². The van der Waals surface area contributed by atoms with Crippen molar-refractivity contribution in [2.24, 2.45) is 0 Å². The molecule has 0 atom stereocenters. The van der Waals surface area contributed by atoms with Gasteiger partial charge in [0.25, 0.3) is 0 Å². The van der Waals surface area contributed by atoms with Gasteiger partial charge in [0, 0.05) is 12.3 Å². The molecule has 0 N–H and O–H groups in total. The predicted molar refractivity (Wildman–Crippen MR) is 36.7 cm³/mol. The van der Waals surface area contributed by atoms with E-state index < -0.39 is 0 Å². The van der Waals surface area contributed by atoms with Gasteiger partial charge in [-0.1, -0.05) is 0 Å². The molecule has 10 heavy (non-hydrogen) atoms. The summed E-state index contributed by atoms with van der Waals surface area (Å²) in [6, 6.07) is 4.67. The molecule has 0 unspecified atom stereocenters. The van der Waals surface area contributed by atoms with E-state index in [1.54, 1.807) is 12.4 Å². The lowest BCUT2D eigenvalue weighted by atomic mass is 10.5. The van der Waals surface area contributed by atoms with Crippen molar-refractivity contribution in [3.8, 4) is 5.75 Å². The molecule has 0 spiro atoms. The van der Waals surface area contributed by atoms with Gasteiger partial charge in [-0.25, -0.2) is 0 Å². The second kappa shape index (κ2) is 2.29. The van der Waals surface area contributed by atoms with E-state index in [0.717, 1.165) is 5.75 Å². The summed E-state index contributed by atoms with van der Waals surface area (Å²) in [6.07, 6.45) is 6.18. The van der Waals surface area contributed by atoms with Crippen molar-refractivity contribution in [3.05, 3.63) is 24.5 Å². The Morgan fingerprint density at radius 2 is 2.50 bits per heavy atom. The molecular formula is C8H8NO. The van der Waals surface area contributed by atoms with Gasteiger partial charge in [0.15, 0.2) is 0 Å². The molecule has 1 aliphatic rings. The van der Waals surface area contributed by atoms with Gasteiger partial charge in [0.2, 0.25) is 0 Å². The van der Waals surface area contributed by atoms with Gasteiger partial charge in [0.05, 0.1) is 12.3 Å². The molecule has 0 saturated heterocycles. The van der Waals surface area contributed by atoms with Crippen LogP contribution in [0.15, 0.2) is 18.5 Å². The van der Waals surface area contributed by atoms with Crippen molar-refractivity contribution in [2.75, 3.05) is 0 Å². The summed E-state index contributed by atoms with van der Waals surface area (Å²) in [5.74, 6) is 0.838. The summed E-state index contributed by atoms with van der Waals surface area (Å²) in [5, 5.41) is 0. The van der Waals surface area contributed by atoms with Crippen molar-refractivity contribution in [1.82, 2.24) is 4.98 Å². The summed E-state index contributed by atoms with van der Waals surface area (Å²) >= 11 is 0. The van der Waals surface area contributed by atoms with Gasteiger partial charge in [0.1, 0.15) is 5.75 Å². The van der Waals surface area contributed by atoms with Crippen LogP contribution in [0.25, 0.3) is 0 Å². The molecule has 0 bridgehead atoms. The molecule has 0 amide bonds. The molecule has 1 radical (unpaired) electrons. The van der Waals surface area contributed by atoms with Crippen LogP contribution in [0.2, 0.25) is 0 Å². The second-order valence-corrected chi connectivity index (χ2v) is 2.44. The summed E-state index contributed by atoms with van der Waals surface area (Å²) in [4.78, 5) is 3.88. The third kappa shape index (κ3) is 1.26. The molecule has 2 nitrogen and oxygen atoms in total. The molecule has 1 saturated carbocycles. The molecule has 1 aromatic heterocycles. The van der Waals surface area contributed by atoms with E-state index in [1.807, 2.05) is 6.07 Å². The molecule has 2 rings (SSSR count). The Morgan fingerprint density at radius 1 is 1.60 bits per heavy atom. The second-order valence-electron chi connectivity index (χ2n) is 2.44. The summed E-state index contributed by atoms with van der Waals surface area (Å²) in [7, 11) is 0. The molecule has 51 valence electrons. The highest BCUT2D eigenvalue weighted by Crippen LogP contribution is 2.25. The van der Waals surface area contributed by atoms with E-state index >= 15 is 0 Å². The lowest BCUT2D eigenvalue weighted by Gasteiger charge is -2.00. The summed E-state index contributed by atoms with van der Waals surface area (Å²) in [6.45, 7) is 0. The molecule has 2 heteroatoms. The van der Waals surface area contributed by atoms with Crippen LogP contribution in [0.5, 0.6) is 5.75 Å². The Morgan fingerprint density at radius 3 is 3.10 bits per heavy atom. The van der Waals surface area contributed by atoms with Gasteiger partial charge in [-0.3, -0.25) is 4.98 Å². The van der Waals surface area contributed by atoms with Crippen molar-refractivity contribution < 1.29 is 4.74 Å². The zero-order valence-corrected chi connectivity index (χ0v) is 5.58.